The van der Waals surface area contributed by atoms with Crippen molar-refractivity contribution < 1.29 is 13.9 Å². The van der Waals surface area contributed by atoms with Gasteiger partial charge in [0.05, 0.1) is 27.9 Å². The topological polar surface area (TPSA) is 69.3 Å². The Bertz CT molecular complexity index is 920. The Kier molecular flexibility index (Phi) is 5.90. The van der Waals surface area contributed by atoms with Crippen LogP contribution in [0.25, 0.3) is 0 Å². The second kappa shape index (κ2) is 8.16. The molecular formula is C17H14BrCl2N3O3. The first-order valence-electron chi connectivity index (χ1n) is 7.55. The molecule has 26 heavy (non-hydrogen) atoms. The number of nitrogens with one attached hydrogen (secondary N) is 1. The number of halogens is 3. The summed E-state index contributed by atoms with van der Waals surface area (Å²) in [5.74, 6) is 0.861. The van der Waals surface area contributed by atoms with Gasteiger partial charge in [-0.3, -0.25) is 9.48 Å². The van der Waals surface area contributed by atoms with Gasteiger partial charge in [-0.15, -0.1) is 0 Å². The zero-order valence-electron chi connectivity index (χ0n) is 13.6. The molecule has 6 nitrogen and oxygen atoms in total. The molecule has 0 fully saturated rings. The number of carbonyl (C=O) groups is 1. The third-order valence-corrected chi connectivity index (χ3v) is 4.77. The van der Waals surface area contributed by atoms with Gasteiger partial charge in [0.1, 0.15) is 18.1 Å². The number of amides is 1. The van der Waals surface area contributed by atoms with Crippen LogP contribution in [-0.2, 0) is 20.2 Å². The molecule has 1 N–H and O–H groups in total. The number of benzene rings is 1. The largest absolute Gasteiger partial charge is 0.484 e. The van der Waals surface area contributed by atoms with Crippen LogP contribution >= 0.6 is 39.1 Å². The lowest BCUT2D eigenvalue weighted by Crippen LogP contribution is -2.23. The number of aryl methyl sites for hydroxylation is 1. The SMILES string of the molecule is Cn1ncc(Br)c1CNC(=O)c1ccc(COc2ccc(Cl)cc2Cl)o1. The molecule has 9 heteroatoms. The van der Waals surface area contributed by atoms with E-state index in [-0.39, 0.29) is 18.3 Å². The monoisotopic (exact) mass is 457 g/mol. The highest BCUT2D eigenvalue weighted by Gasteiger charge is 2.14. The van der Waals surface area contributed by atoms with E-state index in [1.165, 1.54) is 0 Å². The molecule has 0 saturated carbocycles. The van der Waals surface area contributed by atoms with Gasteiger partial charge in [0.15, 0.2) is 5.76 Å². The zero-order valence-corrected chi connectivity index (χ0v) is 16.7. The minimum Gasteiger partial charge on any atom is -0.484 e. The maximum absolute atomic E-state index is 12.2. The number of nitrogens with zero attached hydrogens (tertiary/aromatic N) is 2. The average Bonchev–Trinajstić information content (AvgIpc) is 3.19. The van der Waals surface area contributed by atoms with Crippen LogP contribution in [0.4, 0.5) is 0 Å². The van der Waals surface area contributed by atoms with Crippen molar-refractivity contribution in [3.63, 3.8) is 0 Å². The van der Waals surface area contributed by atoms with Crippen LogP contribution in [0.1, 0.15) is 22.0 Å². The van der Waals surface area contributed by atoms with Gasteiger partial charge in [-0.05, 0) is 46.3 Å². The smallest absolute Gasteiger partial charge is 0.287 e. The number of ether oxygens (including phenoxy) is 1. The Balaban J connectivity index is 1.57. The van der Waals surface area contributed by atoms with E-state index >= 15 is 0 Å². The van der Waals surface area contributed by atoms with E-state index in [2.05, 4.69) is 26.3 Å². The third-order valence-electron chi connectivity index (χ3n) is 3.58. The van der Waals surface area contributed by atoms with E-state index in [4.69, 9.17) is 32.4 Å². The van der Waals surface area contributed by atoms with E-state index in [1.807, 2.05) is 0 Å². The Hall–Kier alpha value is -1.96. The normalized spacial score (nSPS) is 10.8. The first kappa shape index (κ1) is 18.8. The van der Waals surface area contributed by atoms with Gasteiger partial charge in [0, 0.05) is 12.1 Å². The fraction of sp³-hybridized carbons (Fsp3) is 0.176. The fourth-order valence-electron chi connectivity index (χ4n) is 2.20. The van der Waals surface area contributed by atoms with Crippen LogP contribution in [0.5, 0.6) is 5.75 Å². The summed E-state index contributed by atoms with van der Waals surface area (Å²) in [6.07, 6.45) is 1.67. The molecule has 0 aliphatic carbocycles. The van der Waals surface area contributed by atoms with Crippen LogP contribution in [-0.4, -0.2) is 15.7 Å². The van der Waals surface area contributed by atoms with Gasteiger partial charge in [-0.25, -0.2) is 0 Å². The predicted octanol–water partition coefficient (Wildman–Crippen LogP) is 4.59. The molecule has 0 aliphatic heterocycles. The summed E-state index contributed by atoms with van der Waals surface area (Å²) in [6, 6.07) is 8.22. The van der Waals surface area contributed by atoms with Gasteiger partial charge in [-0.2, -0.15) is 5.10 Å². The minimum atomic E-state index is -0.325. The van der Waals surface area contributed by atoms with E-state index in [1.54, 1.807) is 48.3 Å². The van der Waals surface area contributed by atoms with Crippen LogP contribution in [0, 0.1) is 0 Å². The molecule has 1 amide bonds. The molecular weight excluding hydrogens is 445 g/mol. The summed E-state index contributed by atoms with van der Waals surface area (Å²) in [5.41, 5.74) is 0.853. The summed E-state index contributed by atoms with van der Waals surface area (Å²) < 4.78 is 13.6. The van der Waals surface area contributed by atoms with Crippen molar-refractivity contribution in [1.82, 2.24) is 15.1 Å². The first-order chi connectivity index (χ1) is 12.4. The van der Waals surface area contributed by atoms with Gasteiger partial charge >= 0.3 is 0 Å². The summed E-state index contributed by atoms with van der Waals surface area (Å²) in [7, 11) is 1.80. The molecule has 0 saturated heterocycles. The highest BCUT2D eigenvalue weighted by atomic mass is 79.9. The highest BCUT2D eigenvalue weighted by Crippen LogP contribution is 2.28. The van der Waals surface area contributed by atoms with Crippen molar-refractivity contribution >= 4 is 45.0 Å². The third kappa shape index (κ3) is 4.41. The van der Waals surface area contributed by atoms with Crippen molar-refractivity contribution in [2.24, 2.45) is 7.05 Å². The molecule has 2 heterocycles. The number of hydrogen-bond donors (Lipinski definition) is 1. The molecule has 0 spiro atoms. The first-order valence-corrected chi connectivity index (χ1v) is 9.10. The Morgan fingerprint density at radius 2 is 2.15 bits per heavy atom. The quantitative estimate of drug-likeness (QED) is 0.586. The maximum Gasteiger partial charge on any atom is 0.287 e. The van der Waals surface area contributed by atoms with Crippen LogP contribution in [0.15, 0.2) is 45.4 Å². The molecule has 0 aliphatic rings. The molecule has 2 aromatic heterocycles. The van der Waals surface area contributed by atoms with E-state index < -0.39 is 0 Å². The number of furan rings is 1. The summed E-state index contributed by atoms with van der Waals surface area (Å²) >= 11 is 15.3. The second-order valence-corrected chi connectivity index (χ2v) is 7.07. The summed E-state index contributed by atoms with van der Waals surface area (Å²) in [4.78, 5) is 12.2. The lowest BCUT2D eigenvalue weighted by molar-refractivity contribution is 0.0918. The predicted molar refractivity (Wildman–Crippen MR) is 102 cm³/mol. The average molecular weight is 459 g/mol. The molecule has 0 bridgehead atoms. The number of rotatable bonds is 6. The molecule has 3 aromatic rings. The number of hydrogen-bond acceptors (Lipinski definition) is 4. The lowest BCUT2D eigenvalue weighted by Gasteiger charge is -2.07. The summed E-state index contributed by atoms with van der Waals surface area (Å²) in [6.45, 7) is 0.463. The Morgan fingerprint density at radius 1 is 1.35 bits per heavy atom. The van der Waals surface area contributed by atoms with Crippen LogP contribution in [0.3, 0.4) is 0 Å². The van der Waals surface area contributed by atoms with Gasteiger partial charge in [0.2, 0.25) is 0 Å². The van der Waals surface area contributed by atoms with E-state index in [0.717, 1.165) is 10.2 Å². The summed E-state index contributed by atoms with van der Waals surface area (Å²) in [5, 5.41) is 7.81. The Labute approximate surface area is 168 Å². The number of carbonyl (C=O) groups excluding carboxylic acids is 1. The Morgan fingerprint density at radius 3 is 2.85 bits per heavy atom. The van der Waals surface area contributed by atoms with Crippen molar-refractivity contribution in [3.05, 3.63) is 68.3 Å². The molecule has 136 valence electrons. The van der Waals surface area contributed by atoms with E-state index in [9.17, 15) is 4.79 Å². The van der Waals surface area contributed by atoms with E-state index in [0.29, 0.717) is 28.1 Å². The number of aromatic nitrogens is 2. The maximum atomic E-state index is 12.2. The standard InChI is InChI=1S/C17H14BrCl2N3O3/c1-23-14(12(18)7-22-23)8-21-17(24)16-5-3-11(26-16)9-25-15-4-2-10(19)6-13(15)20/h2-7H,8-9H2,1H3,(H,21,24). The fourth-order valence-corrected chi connectivity index (χ4v) is 3.16. The minimum absolute atomic E-state index is 0.141. The van der Waals surface area contributed by atoms with Gasteiger partial charge < -0.3 is 14.5 Å². The van der Waals surface area contributed by atoms with Crippen molar-refractivity contribution in [2.75, 3.05) is 0 Å². The van der Waals surface area contributed by atoms with Crippen molar-refractivity contribution in [3.8, 4) is 5.75 Å². The molecule has 0 unspecified atom stereocenters. The van der Waals surface area contributed by atoms with Gasteiger partial charge in [0.25, 0.3) is 5.91 Å². The highest BCUT2D eigenvalue weighted by molar-refractivity contribution is 9.10. The molecule has 1 aromatic carbocycles. The second-order valence-electron chi connectivity index (χ2n) is 5.37. The zero-order chi connectivity index (χ0) is 18.7. The van der Waals surface area contributed by atoms with Crippen molar-refractivity contribution in [1.29, 1.82) is 0 Å². The molecule has 3 rings (SSSR count). The van der Waals surface area contributed by atoms with Crippen LogP contribution in [0.2, 0.25) is 10.0 Å². The van der Waals surface area contributed by atoms with Gasteiger partial charge in [-0.1, -0.05) is 23.2 Å². The lowest BCUT2D eigenvalue weighted by atomic mass is 10.3. The molecule has 0 atom stereocenters. The van der Waals surface area contributed by atoms with Crippen LogP contribution < -0.4 is 10.1 Å². The van der Waals surface area contributed by atoms with Crippen molar-refractivity contribution in [2.45, 2.75) is 13.2 Å². The molecule has 0 radical (unpaired) electrons.